The number of likely N-dealkylation sites (tertiary alicyclic amines) is 1. The zero-order valence-electron chi connectivity index (χ0n) is 23.0. The molecule has 1 amide bonds. The Hall–Kier alpha value is -3.26. The highest BCUT2D eigenvalue weighted by atomic mass is 32.2. The first kappa shape index (κ1) is 26.0. The van der Waals surface area contributed by atoms with Gasteiger partial charge in [0, 0.05) is 41.1 Å². The van der Waals surface area contributed by atoms with Crippen molar-refractivity contribution in [2.75, 3.05) is 26.0 Å². The van der Waals surface area contributed by atoms with Crippen LogP contribution in [-0.2, 0) is 4.74 Å². The van der Waals surface area contributed by atoms with Gasteiger partial charge in [0.15, 0.2) is 5.78 Å². The highest BCUT2D eigenvalue weighted by Gasteiger charge is 2.61. The lowest BCUT2D eigenvalue weighted by Crippen LogP contribution is -2.42. The minimum Gasteiger partial charge on any atom is -0.497 e. The van der Waals surface area contributed by atoms with Crippen molar-refractivity contribution in [2.45, 2.75) is 62.5 Å². The molecule has 2 unspecified atom stereocenters. The predicted molar refractivity (Wildman–Crippen MR) is 152 cm³/mol. The molecule has 7 nitrogen and oxygen atoms in total. The number of fused-ring (bicyclic) bond motifs is 1. The second-order valence-corrected chi connectivity index (χ2v) is 12.9. The summed E-state index contributed by atoms with van der Waals surface area (Å²) in [6.07, 6.45) is 6.31. The van der Waals surface area contributed by atoms with Crippen LogP contribution in [0.4, 0.5) is 4.79 Å². The van der Waals surface area contributed by atoms with E-state index in [0.717, 1.165) is 52.4 Å². The van der Waals surface area contributed by atoms with Crippen LogP contribution in [0.25, 0.3) is 11.1 Å². The standard InChI is InChI=1S/C31H35N3O4S/c1-30(2,3)38-29(36)33-14-12-22(13-15-33)34-18-21(17-32-34)24-6-5-7-25-27(24)39-19-31(28(25)35)16-26(31)20-8-10-23(37-4)11-9-20/h5-11,17-18,22,26H,12-16,19H2,1-4H3. The first-order chi connectivity index (χ1) is 18.7. The fourth-order valence-electron chi connectivity index (χ4n) is 5.94. The van der Waals surface area contributed by atoms with Gasteiger partial charge in [-0.25, -0.2) is 4.79 Å². The number of amides is 1. The lowest BCUT2D eigenvalue weighted by molar-refractivity contribution is 0.0184. The lowest BCUT2D eigenvalue weighted by atomic mass is 9.89. The van der Waals surface area contributed by atoms with Crippen molar-refractivity contribution in [3.63, 3.8) is 0 Å². The molecule has 1 spiro atoms. The zero-order valence-corrected chi connectivity index (χ0v) is 23.8. The zero-order chi connectivity index (χ0) is 27.4. The molecular formula is C31H35N3O4S. The molecule has 39 heavy (non-hydrogen) atoms. The van der Waals surface area contributed by atoms with E-state index >= 15 is 0 Å². The summed E-state index contributed by atoms with van der Waals surface area (Å²) in [5.41, 5.74) is 3.34. The van der Waals surface area contributed by atoms with Crippen molar-refractivity contribution in [3.8, 4) is 16.9 Å². The number of benzene rings is 2. The average Bonchev–Trinajstić information content (AvgIpc) is 3.44. The normalized spacial score (nSPS) is 23.0. The van der Waals surface area contributed by atoms with Gasteiger partial charge in [-0.3, -0.25) is 9.48 Å². The molecule has 2 fully saturated rings. The predicted octanol–water partition coefficient (Wildman–Crippen LogP) is 6.59. The molecule has 1 aromatic heterocycles. The number of ketones is 1. The Morgan fingerprint density at radius 2 is 1.79 bits per heavy atom. The molecule has 1 saturated carbocycles. The average molecular weight is 546 g/mol. The Morgan fingerprint density at radius 1 is 1.08 bits per heavy atom. The number of ether oxygens (including phenoxy) is 2. The molecule has 1 aliphatic carbocycles. The molecule has 204 valence electrons. The number of methoxy groups -OCH3 is 1. The van der Waals surface area contributed by atoms with E-state index in [1.807, 2.05) is 55.9 Å². The summed E-state index contributed by atoms with van der Waals surface area (Å²) in [6.45, 7) is 6.97. The Labute approximate surface area is 233 Å². The monoisotopic (exact) mass is 545 g/mol. The van der Waals surface area contributed by atoms with Gasteiger partial charge in [0.2, 0.25) is 0 Å². The van der Waals surface area contributed by atoms with Crippen molar-refractivity contribution in [1.82, 2.24) is 14.7 Å². The minimum atomic E-state index is -0.491. The van der Waals surface area contributed by atoms with E-state index in [0.29, 0.717) is 13.1 Å². The van der Waals surface area contributed by atoms with Crippen LogP contribution in [0.1, 0.15) is 67.9 Å². The molecule has 2 aliphatic heterocycles. The molecule has 0 N–H and O–H groups in total. The maximum atomic E-state index is 13.8. The highest BCUT2D eigenvalue weighted by Crippen LogP contribution is 2.65. The number of carbonyl (C=O) groups excluding carboxylic acids is 2. The van der Waals surface area contributed by atoms with E-state index in [4.69, 9.17) is 14.6 Å². The van der Waals surface area contributed by atoms with Crippen molar-refractivity contribution < 1.29 is 19.1 Å². The molecule has 3 aromatic rings. The second-order valence-electron chi connectivity index (χ2n) is 11.9. The van der Waals surface area contributed by atoms with Crippen LogP contribution in [0.2, 0.25) is 0 Å². The van der Waals surface area contributed by atoms with Gasteiger partial charge >= 0.3 is 6.09 Å². The quantitative estimate of drug-likeness (QED) is 0.368. The number of Topliss-reactive ketones (excluding diaryl/α,β-unsaturated/α-hetero) is 1. The van der Waals surface area contributed by atoms with Crippen LogP contribution in [0.5, 0.6) is 5.75 Å². The second kappa shape index (κ2) is 9.73. The Morgan fingerprint density at radius 3 is 2.49 bits per heavy atom. The van der Waals surface area contributed by atoms with E-state index < -0.39 is 5.60 Å². The smallest absolute Gasteiger partial charge is 0.410 e. The molecule has 2 aromatic carbocycles. The molecular weight excluding hydrogens is 510 g/mol. The van der Waals surface area contributed by atoms with Crippen molar-refractivity contribution >= 4 is 23.6 Å². The summed E-state index contributed by atoms with van der Waals surface area (Å²) >= 11 is 1.80. The van der Waals surface area contributed by atoms with Gasteiger partial charge in [-0.2, -0.15) is 5.10 Å². The van der Waals surface area contributed by atoms with Gasteiger partial charge in [0.25, 0.3) is 0 Å². The third-order valence-corrected chi connectivity index (χ3v) is 9.57. The Kier molecular flexibility index (Phi) is 6.49. The first-order valence-electron chi connectivity index (χ1n) is 13.7. The SMILES string of the molecule is COc1ccc(C2CC23CSc2c(cccc2-c2cnn(C4CCN(C(=O)OC(C)(C)C)CC4)c2)C3=O)cc1. The fourth-order valence-corrected chi connectivity index (χ4v) is 7.45. The van der Waals surface area contributed by atoms with Gasteiger partial charge in [-0.1, -0.05) is 30.3 Å². The van der Waals surface area contributed by atoms with Gasteiger partial charge < -0.3 is 14.4 Å². The number of rotatable bonds is 4. The van der Waals surface area contributed by atoms with Crippen molar-refractivity contribution in [3.05, 3.63) is 66.0 Å². The molecule has 3 heterocycles. The summed E-state index contributed by atoms with van der Waals surface area (Å²) in [7, 11) is 1.67. The molecule has 3 aliphatic rings. The number of piperidine rings is 1. The van der Waals surface area contributed by atoms with Gasteiger partial charge in [-0.05, 0) is 69.2 Å². The van der Waals surface area contributed by atoms with Crippen molar-refractivity contribution in [1.29, 1.82) is 0 Å². The van der Waals surface area contributed by atoms with E-state index in [1.54, 1.807) is 23.8 Å². The van der Waals surface area contributed by atoms with Crippen LogP contribution in [0.3, 0.4) is 0 Å². The summed E-state index contributed by atoms with van der Waals surface area (Å²) < 4.78 is 12.9. The minimum absolute atomic E-state index is 0.228. The molecule has 8 heteroatoms. The first-order valence-corrected chi connectivity index (χ1v) is 14.6. The molecule has 0 bridgehead atoms. The number of hydrogen-bond donors (Lipinski definition) is 0. The summed E-state index contributed by atoms with van der Waals surface area (Å²) in [5.74, 6) is 2.15. The molecule has 6 rings (SSSR count). The number of carbonyl (C=O) groups is 2. The van der Waals surface area contributed by atoms with Crippen LogP contribution in [-0.4, -0.2) is 58.1 Å². The van der Waals surface area contributed by atoms with Crippen molar-refractivity contribution in [2.24, 2.45) is 5.41 Å². The number of nitrogens with zero attached hydrogens (tertiary/aromatic N) is 3. The Bertz CT molecular complexity index is 1400. The van der Waals surface area contributed by atoms with Crippen LogP contribution in [0.15, 0.2) is 59.8 Å². The topological polar surface area (TPSA) is 73.7 Å². The molecule has 2 atom stereocenters. The lowest BCUT2D eigenvalue weighted by Gasteiger charge is -2.33. The van der Waals surface area contributed by atoms with E-state index in [-0.39, 0.29) is 29.3 Å². The van der Waals surface area contributed by atoms with Crippen LogP contribution < -0.4 is 4.74 Å². The third kappa shape index (κ3) is 4.84. The summed E-state index contributed by atoms with van der Waals surface area (Å²) in [5, 5.41) is 4.70. The van der Waals surface area contributed by atoms with Gasteiger partial charge in [-0.15, -0.1) is 11.8 Å². The summed E-state index contributed by atoms with van der Waals surface area (Å²) in [6, 6.07) is 14.4. The maximum absolute atomic E-state index is 13.8. The van der Waals surface area contributed by atoms with Gasteiger partial charge in [0.1, 0.15) is 11.4 Å². The van der Waals surface area contributed by atoms with E-state index in [1.165, 1.54) is 5.56 Å². The van der Waals surface area contributed by atoms with E-state index in [2.05, 4.69) is 24.4 Å². The maximum Gasteiger partial charge on any atom is 0.410 e. The number of hydrogen-bond acceptors (Lipinski definition) is 6. The molecule has 1 saturated heterocycles. The third-order valence-electron chi connectivity index (χ3n) is 8.18. The largest absolute Gasteiger partial charge is 0.497 e. The summed E-state index contributed by atoms with van der Waals surface area (Å²) in [4.78, 5) is 29.1. The van der Waals surface area contributed by atoms with E-state index in [9.17, 15) is 9.59 Å². The Balaban J connectivity index is 1.16. The molecule has 0 radical (unpaired) electrons. The fraction of sp³-hybridized carbons (Fsp3) is 0.452. The number of aromatic nitrogens is 2. The highest BCUT2D eigenvalue weighted by molar-refractivity contribution is 7.99. The van der Waals surface area contributed by atoms with Crippen LogP contribution >= 0.6 is 11.8 Å². The van der Waals surface area contributed by atoms with Crippen LogP contribution in [0, 0.1) is 5.41 Å². The number of thioether (sulfide) groups is 1. The van der Waals surface area contributed by atoms with Gasteiger partial charge in [0.05, 0.1) is 24.8 Å².